The van der Waals surface area contributed by atoms with Crippen LogP contribution < -0.4 is 5.73 Å². The van der Waals surface area contributed by atoms with Gasteiger partial charge in [0.05, 0.1) is 0 Å². The zero-order chi connectivity index (χ0) is 9.40. The van der Waals surface area contributed by atoms with Gasteiger partial charge in [-0.1, -0.05) is 12.1 Å². The van der Waals surface area contributed by atoms with E-state index >= 15 is 0 Å². The summed E-state index contributed by atoms with van der Waals surface area (Å²) in [6.45, 7) is 2.02. The molecule has 0 aliphatic carbocycles. The Kier molecular flexibility index (Phi) is 5.26. The second-order valence-electron chi connectivity index (χ2n) is 2.25. The summed E-state index contributed by atoms with van der Waals surface area (Å²) in [6, 6.07) is 7.80. The minimum Gasteiger partial charge on any atom is -0.399 e. The molecule has 0 radical (unpaired) electrons. The average Bonchev–Trinajstić information content (AvgIpc) is 2.04. The summed E-state index contributed by atoms with van der Waals surface area (Å²) in [6.07, 6.45) is 1.83. The van der Waals surface area contributed by atoms with Gasteiger partial charge >= 0.3 is 0 Å². The summed E-state index contributed by atoms with van der Waals surface area (Å²) in [5.74, 6) is 0. The third-order valence-electron chi connectivity index (χ3n) is 1.13. The largest absolute Gasteiger partial charge is 0.399 e. The summed E-state index contributed by atoms with van der Waals surface area (Å²) in [4.78, 5) is 0. The maximum absolute atomic E-state index is 6.08. The average molecular weight is 163 g/mol. The van der Waals surface area contributed by atoms with E-state index in [9.17, 15) is 0 Å². The lowest BCUT2D eigenvalue weighted by Crippen LogP contribution is -1.82. The zero-order valence-corrected chi connectivity index (χ0v) is 7.04. The van der Waals surface area contributed by atoms with Gasteiger partial charge in [-0.15, -0.1) is 0 Å². The molecule has 0 spiro atoms. The SMILES string of the molecule is Cc1cccc(N)c1.N=CC=N. The Balaban J connectivity index is 0.000000261. The second kappa shape index (κ2) is 6.09. The summed E-state index contributed by atoms with van der Waals surface area (Å²) >= 11 is 0. The lowest BCUT2D eigenvalue weighted by atomic mass is 10.2. The van der Waals surface area contributed by atoms with Gasteiger partial charge in [-0.2, -0.15) is 0 Å². The van der Waals surface area contributed by atoms with Gasteiger partial charge in [-0.05, 0) is 24.6 Å². The standard InChI is InChI=1S/C7H9N.C2H4N2/c1-6-3-2-4-7(8)5-6;3-1-2-4/h2-5H,8H2,1H3;1-4H. The molecule has 1 aromatic carbocycles. The first-order chi connectivity index (χ1) is 5.70. The number of hydrogen-bond donors (Lipinski definition) is 3. The van der Waals surface area contributed by atoms with Crippen LogP contribution >= 0.6 is 0 Å². The Morgan fingerprint density at radius 3 is 2.08 bits per heavy atom. The van der Waals surface area contributed by atoms with E-state index in [4.69, 9.17) is 16.6 Å². The predicted molar refractivity (Wildman–Crippen MR) is 53.2 cm³/mol. The van der Waals surface area contributed by atoms with Gasteiger partial charge in [0.2, 0.25) is 0 Å². The van der Waals surface area contributed by atoms with Crippen molar-refractivity contribution in [2.45, 2.75) is 6.92 Å². The number of nitrogen functional groups attached to an aromatic ring is 1. The van der Waals surface area contributed by atoms with E-state index in [1.54, 1.807) is 0 Å². The lowest BCUT2D eigenvalue weighted by molar-refractivity contribution is 1.47. The molecule has 64 valence electrons. The fraction of sp³-hybridized carbons (Fsp3) is 0.111. The molecule has 0 fully saturated rings. The van der Waals surface area contributed by atoms with Crippen LogP contribution in [0.4, 0.5) is 5.69 Å². The zero-order valence-electron chi connectivity index (χ0n) is 7.04. The van der Waals surface area contributed by atoms with Crippen molar-refractivity contribution in [1.29, 1.82) is 10.8 Å². The number of benzene rings is 1. The quantitative estimate of drug-likeness (QED) is 0.429. The van der Waals surface area contributed by atoms with Crippen molar-refractivity contribution in [3.05, 3.63) is 29.8 Å². The molecule has 0 unspecified atom stereocenters. The lowest BCUT2D eigenvalue weighted by Gasteiger charge is -1.91. The van der Waals surface area contributed by atoms with Gasteiger partial charge in [0, 0.05) is 18.1 Å². The number of anilines is 1. The second-order valence-corrected chi connectivity index (χ2v) is 2.25. The number of nitrogens with one attached hydrogen (secondary N) is 2. The van der Waals surface area contributed by atoms with Gasteiger partial charge in [0.1, 0.15) is 0 Å². The molecule has 0 atom stereocenters. The number of aryl methyl sites for hydroxylation is 1. The molecule has 1 rings (SSSR count). The molecule has 0 saturated carbocycles. The normalized spacial score (nSPS) is 7.75. The molecule has 0 amide bonds. The van der Waals surface area contributed by atoms with Gasteiger partial charge in [-0.25, -0.2) is 0 Å². The van der Waals surface area contributed by atoms with Crippen LogP contribution in [-0.2, 0) is 0 Å². The van der Waals surface area contributed by atoms with Crippen molar-refractivity contribution in [1.82, 2.24) is 0 Å². The van der Waals surface area contributed by atoms with E-state index in [0.717, 1.165) is 18.1 Å². The third-order valence-corrected chi connectivity index (χ3v) is 1.13. The molecular formula is C9H13N3. The van der Waals surface area contributed by atoms with E-state index < -0.39 is 0 Å². The smallest absolute Gasteiger partial charge is 0.0353 e. The Morgan fingerprint density at radius 1 is 1.25 bits per heavy atom. The summed E-state index contributed by atoms with van der Waals surface area (Å²) in [5.41, 5.74) is 7.51. The highest BCUT2D eigenvalue weighted by Gasteiger charge is 1.81. The van der Waals surface area contributed by atoms with Crippen molar-refractivity contribution < 1.29 is 0 Å². The molecule has 3 nitrogen and oxygen atoms in total. The number of hydrogen-bond acceptors (Lipinski definition) is 3. The molecule has 0 aliphatic rings. The highest BCUT2D eigenvalue weighted by atomic mass is 14.5. The maximum atomic E-state index is 6.08. The van der Waals surface area contributed by atoms with Crippen LogP contribution in [0.2, 0.25) is 0 Å². The summed E-state index contributed by atoms with van der Waals surface area (Å²) in [7, 11) is 0. The Bertz CT molecular complexity index is 232. The minimum absolute atomic E-state index is 0.838. The monoisotopic (exact) mass is 163 g/mol. The van der Waals surface area contributed by atoms with Crippen LogP contribution in [-0.4, -0.2) is 12.4 Å². The minimum atomic E-state index is 0.838. The Morgan fingerprint density at radius 2 is 1.83 bits per heavy atom. The van der Waals surface area contributed by atoms with Crippen molar-refractivity contribution in [2.24, 2.45) is 0 Å². The molecule has 3 heteroatoms. The molecule has 12 heavy (non-hydrogen) atoms. The van der Waals surface area contributed by atoms with E-state index in [1.807, 2.05) is 31.2 Å². The van der Waals surface area contributed by atoms with Crippen molar-refractivity contribution in [2.75, 3.05) is 5.73 Å². The molecule has 0 aromatic heterocycles. The van der Waals surface area contributed by atoms with E-state index in [0.29, 0.717) is 0 Å². The van der Waals surface area contributed by atoms with Gasteiger partial charge in [-0.3, -0.25) is 0 Å². The Labute approximate surface area is 72.2 Å². The third kappa shape index (κ3) is 5.17. The number of rotatable bonds is 1. The van der Waals surface area contributed by atoms with Crippen LogP contribution in [0, 0.1) is 17.7 Å². The highest BCUT2D eigenvalue weighted by Crippen LogP contribution is 2.03. The molecule has 1 aromatic rings. The van der Waals surface area contributed by atoms with Crippen LogP contribution in [0.3, 0.4) is 0 Å². The van der Waals surface area contributed by atoms with Gasteiger partial charge in [0.15, 0.2) is 0 Å². The molecule has 0 aliphatic heterocycles. The van der Waals surface area contributed by atoms with Gasteiger partial charge in [0.25, 0.3) is 0 Å². The van der Waals surface area contributed by atoms with E-state index in [1.165, 1.54) is 5.56 Å². The first-order valence-corrected chi connectivity index (χ1v) is 3.52. The van der Waals surface area contributed by atoms with Crippen LogP contribution in [0.5, 0.6) is 0 Å². The van der Waals surface area contributed by atoms with E-state index in [2.05, 4.69) is 0 Å². The number of nitrogens with two attached hydrogens (primary N) is 1. The maximum Gasteiger partial charge on any atom is 0.0353 e. The topological polar surface area (TPSA) is 73.7 Å². The highest BCUT2D eigenvalue weighted by molar-refractivity contribution is 6.12. The molecular weight excluding hydrogens is 150 g/mol. The Hall–Kier alpha value is -1.64. The fourth-order valence-corrected chi connectivity index (χ4v) is 0.670. The van der Waals surface area contributed by atoms with Crippen LogP contribution in [0.1, 0.15) is 5.56 Å². The first-order valence-electron chi connectivity index (χ1n) is 3.52. The summed E-state index contributed by atoms with van der Waals surface area (Å²) < 4.78 is 0. The molecule has 0 bridgehead atoms. The molecule has 4 N–H and O–H groups in total. The van der Waals surface area contributed by atoms with Crippen LogP contribution in [0.25, 0.3) is 0 Å². The molecule has 0 saturated heterocycles. The predicted octanol–water partition coefficient (Wildman–Crippen LogP) is 1.86. The van der Waals surface area contributed by atoms with Crippen LogP contribution in [0.15, 0.2) is 24.3 Å². The molecule has 0 heterocycles. The van der Waals surface area contributed by atoms with Crippen molar-refractivity contribution >= 4 is 18.1 Å². The fourth-order valence-electron chi connectivity index (χ4n) is 0.670. The van der Waals surface area contributed by atoms with Crippen molar-refractivity contribution in [3.8, 4) is 0 Å². The summed E-state index contributed by atoms with van der Waals surface area (Å²) in [5, 5.41) is 12.2. The van der Waals surface area contributed by atoms with Gasteiger partial charge < -0.3 is 16.6 Å². The van der Waals surface area contributed by atoms with Crippen molar-refractivity contribution in [3.63, 3.8) is 0 Å². The first kappa shape index (κ1) is 10.4. The van der Waals surface area contributed by atoms with E-state index in [-0.39, 0.29) is 0 Å².